The lowest BCUT2D eigenvalue weighted by molar-refractivity contribution is 0.0921. The molecule has 0 fully saturated rings. The van der Waals surface area contributed by atoms with Crippen molar-refractivity contribution >= 4 is 32.6 Å². The van der Waals surface area contributed by atoms with Gasteiger partial charge in [-0.3, -0.25) is 9.59 Å². The summed E-state index contributed by atoms with van der Waals surface area (Å²) >= 11 is 0. The molecular weight excluding hydrogens is 438 g/mol. The van der Waals surface area contributed by atoms with Gasteiger partial charge in [0, 0.05) is 16.7 Å². The third kappa shape index (κ3) is 3.43. The third-order valence-electron chi connectivity index (χ3n) is 5.85. The molecule has 4 aromatic rings. The smallest absolute Gasteiger partial charge is 0.251 e. The van der Waals surface area contributed by atoms with Crippen molar-refractivity contribution in [2.24, 2.45) is 5.92 Å². The quantitative estimate of drug-likeness (QED) is 0.421. The van der Waals surface area contributed by atoms with Gasteiger partial charge < -0.3 is 10.3 Å². The average molecular weight is 460 g/mol. The highest BCUT2D eigenvalue weighted by Gasteiger charge is 2.35. The summed E-state index contributed by atoms with van der Waals surface area (Å²) in [6, 6.07) is 17.5. The summed E-state index contributed by atoms with van der Waals surface area (Å²) in [6.45, 7) is 3.93. The SMILES string of the molecule is CC(C)C(NC(=O)c1ccc2c(c1)S(=O)(=O)c1ccccc1C2=O)c1nc2ccccc2[nH]1. The predicted octanol–water partition coefficient (Wildman–Crippen LogP) is 4.07. The average Bonchev–Trinajstić information content (AvgIpc) is 3.24. The summed E-state index contributed by atoms with van der Waals surface area (Å²) in [5.74, 6) is -0.179. The van der Waals surface area contributed by atoms with E-state index in [0.717, 1.165) is 11.0 Å². The highest BCUT2D eigenvalue weighted by atomic mass is 32.2. The van der Waals surface area contributed by atoms with Crippen LogP contribution in [0.4, 0.5) is 0 Å². The number of carbonyl (C=O) groups is 2. The number of nitrogens with one attached hydrogen (secondary N) is 2. The van der Waals surface area contributed by atoms with Crippen LogP contribution in [-0.4, -0.2) is 30.1 Å². The Hall–Kier alpha value is -3.78. The Morgan fingerprint density at radius 3 is 2.39 bits per heavy atom. The number of imidazole rings is 1. The van der Waals surface area contributed by atoms with E-state index < -0.39 is 21.8 Å². The van der Waals surface area contributed by atoms with Gasteiger partial charge in [0.05, 0.1) is 26.9 Å². The number of nitrogens with zero attached hydrogens (tertiary/aromatic N) is 1. The van der Waals surface area contributed by atoms with E-state index in [4.69, 9.17) is 0 Å². The Labute approximate surface area is 190 Å². The van der Waals surface area contributed by atoms with Crippen LogP contribution in [0.2, 0.25) is 0 Å². The van der Waals surface area contributed by atoms with E-state index in [-0.39, 0.29) is 38.2 Å². The normalized spacial score (nSPS) is 15.2. The first-order valence-corrected chi connectivity index (χ1v) is 12.0. The molecule has 2 heterocycles. The molecule has 1 aliphatic rings. The molecule has 1 unspecified atom stereocenters. The van der Waals surface area contributed by atoms with Gasteiger partial charge in [0.25, 0.3) is 5.91 Å². The summed E-state index contributed by atoms with van der Waals surface area (Å²) in [6.07, 6.45) is 0. The van der Waals surface area contributed by atoms with Crippen molar-refractivity contribution in [3.05, 3.63) is 89.2 Å². The molecule has 1 aliphatic heterocycles. The summed E-state index contributed by atoms with van der Waals surface area (Å²) in [4.78, 5) is 33.6. The van der Waals surface area contributed by atoms with Gasteiger partial charge in [-0.2, -0.15) is 0 Å². The number of sulfone groups is 1. The van der Waals surface area contributed by atoms with Gasteiger partial charge in [-0.1, -0.05) is 38.1 Å². The Balaban J connectivity index is 1.50. The molecule has 0 radical (unpaired) electrons. The number of ketones is 1. The van der Waals surface area contributed by atoms with E-state index in [1.54, 1.807) is 12.1 Å². The van der Waals surface area contributed by atoms with E-state index in [1.807, 2.05) is 38.1 Å². The molecule has 0 bridgehead atoms. The number of amides is 1. The van der Waals surface area contributed by atoms with Crippen LogP contribution >= 0.6 is 0 Å². The first kappa shape index (κ1) is 21.1. The van der Waals surface area contributed by atoms with Crippen molar-refractivity contribution in [3.8, 4) is 0 Å². The number of hydrogen-bond donors (Lipinski definition) is 2. The first-order chi connectivity index (χ1) is 15.8. The van der Waals surface area contributed by atoms with E-state index in [2.05, 4.69) is 15.3 Å². The van der Waals surface area contributed by atoms with Crippen LogP contribution in [0.15, 0.2) is 76.5 Å². The van der Waals surface area contributed by atoms with Crippen molar-refractivity contribution in [1.29, 1.82) is 0 Å². The lowest BCUT2D eigenvalue weighted by atomic mass is 10.00. The van der Waals surface area contributed by atoms with Crippen LogP contribution in [0, 0.1) is 5.92 Å². The minimum absolute atomic E-state index is 0.0179. The number of rotatable bonds is 4. The van der Waals surface area contributed by atoms with Crippen LogP contribution in [0.1, 0.15) is 52.0 Å². The second kappa shape index (κ2) is 7.67. The zero-order valence-electron chi connectivity index (χ0n) is 18.0. The van der Waals surface area contributed by atoms with Crippen molar-refractivity contribution in [2.75, 3.05) is 0 Å². The Morgan fingerprint density at radius 1 is 0.939 bits per heavy atom. The standard InChI is InChI=1S/C25H21N3O4S/c1-14(2)22(24-26-18-8-4-5-9-19(18)27-24)28-25(30)15-11-12-17-21(13-15)33(31,32)20-10-6-3-7-16(20)23(17)29/h3-14,22H,1-2H3,(H,26,27)(H,28,30). The molecule has 1 amide bonds. The van der Waals surface area contributed by atoms with Gasteiger partial charge in [0.1, 0.15) is 5.82 Å². The van der Waals surface area contributed by atoms with Crippen LogP contribution in [0.25, 0.3) is 11.0 Å². The number of benzene rings is 3. The summed E-state index contributed by atoms with van der Waals surface area (Å²) in [5.41, 5.74) is 2.04. The second-order valence-corrected chi connectivity index (χ2v) is 10.3. The van der Waals surface area contributed by atoms with Crippen LogP contribution in [-0.2, 0) is 9.84 Å². The first-order valence-electron chi connectivity index (χ1n) is 10.6. The fourth-order valence-corrected chi connectivity index (χ4v) is 5.80. The molecule has 166 valence electrons. The van der Waals surface area contributed by atoms with Gasteiger partial charge in [-0.05, 0) is 48.4 Å². The van der Waals surface area contributed by atoms with Crippen molar-refractivity contribution in [3.63, 3.8) is 0 Å². The lowest BCUT2D eigenvalue weighted by Gasteiger charge is -2.22. The number of H-pyrrole nitrogens is 1. The molecule has 1 atom stereocenters. The van der Waals surface area contributed by atoms with E-state index in [1.165, 1.54) is 30.3 Å². The van der Waals surface area contributed by atoms with E-state index in [0.29, 0.717) is 5.82 Å². The highest BCUT2D eigenvalue weighted by molar-refractivity contribution is 7.91. The molecule has 8 heteroatoms. The molecule has 2 N–H and O–H groups in total. The van der Waals surface area contributed by atoms with E-state index in [9.17, 15) is 18.0 Å². The maximum Gasteiger partial charge on any atom is 0.251 e. The predicted molar refractivity (Wildman–Crippen MR) is 123 cm³/mol. The van der Waals surface area contributed by atoms with Gasteiger partial charge in [-0.15, -0.1) is 0 Å². The number of carbonyl (C=O) groups excluding carboxylic acids is 2. The van der Waals surface area contributed by atoms with Crippen LogP contribution < -0.4 is 5.32 Å². The molecule has 3 aromatic carbocycles. The minimum Gasteiger partial charge on any atom is -0.342 e. The van der Waals surface area contributed by atoms with Gasteiger partial charge in [0.2, 0.25) is 9.84 Å². The molecule has 0 saturated heterocycles. The summed E-state index contributed by atoms with van der Waals surface area (Å²) in [7, 11) is -3.92. The van der Waals surface area contributed by atoms with Gasteiger partial charge in [-0.25, -0.2) is 13.4 Å². The maximum atomic E-state index is 13.2. The number of para-hydroxylation sites is 2. The largest absolute Gasteiger partial charge is 0.342 e. The number of aromatic amines is 1. The van der Waals surface area contributed by atoms with Crippen molar-refractivity contribution in [1.82, 2.24) is 15.3 Å². The molecule has 1 aromatic heterocycles. The topological polar surface area (TPSA) is 109 Å². The molecule has 5 rings (SSSR count). The van der Waals surface area contributed by atoms with Crippen LogP contribution in [0.3, 0.4) is 0 Å². The molecular formula is C25H21N3O4S. The molecule has 7 nitrogen and oxygen atoms in total. The highest BCUT2D eigenvalue weighted by Crippen LogP contribution is 2.35. The number of hydrogen-bond acceptors (Lipinski definition) is 5. The Bertz CT molecular complexity index is 1500. The molecule has 0 aliphatic carbocycles. The zero-order valence-corrected chi connectivity index (χ0v) is 18.8. The Morgan fingerprint density at radius 2 is 1.64 bits per heavy atom. The fourth-order valence-electron chi connectivity index (χ4n) is 4.12. The zero-order chi connectivity index (χ0) is 23.3. The summed E-state index contributed by atoms with van der Waals surface area (Å²) in [5, 5.41) is 2.96. The second-order valence-electron chi connectivity index (χ2n) is 8.37. The van der Waals surface area contributed by atoms with Crippen molar-refractivity contribution < 1.29 is 18.0 Å². The van der Waals surface area contributed by atoms with Gasteiger partial charge >= 0.3 is 0 Å². The minimum atomic E-state index is -3.92. The molecule has 33 heavy (non-hydrogen) atoms. The third-order valence-corrected chi connectivity index (χ3v) is 7.71. The number of aromatic nitrogens is 2. The van der Waals surface area contributed by atoms with Crippen molar-refractivity contribution in [2.45, 2.75) is 29.7 Å². The lowest BCUT2D eigenvalue weighted by Crippen LogP contribution is -2.33. The van der Waals surface area contributed by atoms with E-state index >= 15 is 0 Å². The monoisotopic (exact) mass is 459 g/mol. The van der Waals surface area contributed by atoms with Crippen LogP contribution in [0.5, 0.6) is 0 Å². The van der Waals surface area contributed by atoms with Gasteiger partial charge in [0.15, 0.2) is 5.78 Å². The number of fused-ring (bicyclic) bond motifs is 3. The molecule has 0 spiro atoms. The fraction of sp³-hybridized carbons (Fsp3) is 0.160. The Kier molecular flexibility index (Phi) is 4.90. The maximum absolute atomic E-state index is 13.2. The molecule has 0 saturated carbocycles. The summed E-state index contributed by atoms with van der Waals surface area (Å²) < 4.78 is 26.3.